The summed E-state index contributed by atoms with van der Waals surface area (Å²) in [7, 11) is 1.58. The Bertz CT molecular complexity index is 741. The lowest BCUT2D eigenvalue weighted by atomic mass is 10.1. The van der Waals surface area contributed by atoms with Crippen LogP contribution in [0.4, 0.5) is 0 Å². The summed E-state index contributed by atoms with van der Waals surface area (Å²) in [5.74, 6) is 6.97. The summed E-state index contributed by atoms with van der Waals surface area (Å²) in [5.41, 5.74) is 1.74. The highest BCUT2D eigenvalue weighted by atomic mass is 16.5. The fraction of sp³-hybridized carbons (Fsp3) is 0.286. The lowest BCUT2D eigenvalue weighted by molar-refractivity contribution is -0.136. The SMILES string of the molecule is COc1cc(C#CCCCOc2ccccc2)ccc1CCC(=O)O. The van der Waals surface area contributed by atoms with Crippen molar-refractivity contribution in [3.8, 4) is 23.3 Å². The normalized spacial score (nSPS) is 9.80. The van der Waals surface area contributed by atoms with Gasteiger partial charge in [-0.15, -0.1) is 0 Å². The Labute approximate surface area is 148 Å². The van der Waals surface area contributed by atoms with Gasteiger partial charge in [0.1, 0.15) is 11.5 Å². The number of hydrogen-bond donors (Lipinski definition) is 1. The van der Waals surface area contributed by atoms with Crippen LogP contribution in [0.2, 0.25) is 0 Å². The molecule has 0 aromatic heterocycles. The Morgan fingerprint density at radius 2 is 1.96 bits per heavy atom. The second-order valence-electron chi connectivity index (χ2n) is 5.49. The van der Waals surface area contributed by atoms with E-state index < -0.39 is 5.97 Å². The van der Waals surface area contributed by atoms with E-state index in [0.717, 1.165) is 29.7 Å². The van der Waals surface area contributed by atoms with Gasteiger partial charge in [0.05, 0.1) is 13.7 Å². The van der Waals surface area contributed by atoms with E-state index in [0.29, 0.717) is 18.8 Å². The number of aliphatic carboxylic acids is 1. The van der Waals surface area contributed by atoms with Crippen molar-refractivity contribution >= 4 is 5.97 Å². The highest BCUT2D eigenvalue weighted by Crippen LogP contribution is 2.21. The molecule has 4 nitrogen and oxygen atoms in total. The summed E-state index contributed by atoms with van der Waals surface area (Å²) >= 11 is 0. The van der Waals surface area contributed by atoms with Gasteiger partial charge < -0.3 is 14.6 Å². The van der Waals surface area contributed by atoms with Crippen molar-refractivity contribution in [2.45, 2.75) is 25.7 Å². The quantitative estimate of drug-likeness (QED) is 0.585. The van der Waals surface area contributed by atoms with E-state index in [-0.39, 0.29) is 6.42 Å². The molecule has 0 saturated carbocycles. The summed E-state index contributed by atoms with van der Waals surface area (Å²) in [4.78, 5) is 10.7. The minimum Gasteiger partial charge on any atom is -0.496 e. The Hall–Kier alpha value is -2.93. The molecule has 0 atom stereocenters. The fourth-order valence-electron chi connectivity index (χ4n) is 2.30. The molecule has 0 fully saturated rings. The van der Waals surface area contributed by atoms with E-state index in [1.165, 1.54) is 0 Å². The summed E-state index contributed by atoms with van der Waals surface area (Å²) in [5, 5.41) is 8.78. The molecule has 2 rings (SSSR count). The molecule has 0 aliphatic heterocycles. The number of hydrogen-bond acceptors (Lipinski definition) is 3. The molecule has 2 aromatic rings. The van der Waals surface area contributed by atoms with Crippen LogP contribution in [0.25, 0.3) is 0 Å². The van der Waals surface area contributed by atoms with Crippen LogP contribution in [0, 0.1) is 11.8 Å². The number of carboxylic acid groups (broad SMARTS) is 1. The van der Waals surface area contributed by atoms with Crippen LogP contribution in [0.1, 0.15) is 30.4 Å². The van der Waals surface area contributed by atoms with Crippen LogP contribution in [0.5, 0.6) is 11.5 Å². The summed E-state index contributed by atoms with van der Waals surface area (Å²) < 4.78 is 11.0. The Kier molecular flexibility index (Phi) is 7.40. The number of methoxy groups -OCH3 is 1. The van der Waals surface area contributed by atoms with E-state index in [1.807, 2.05) is 48.5 Å². The first-order valence-electron chi connectivity index (χ1n) is 8.24. The molecule has 2 aromatic carbocycles. The van der Waals surface area contributed by atoms with Crippen LogP contribution in [-0.2, 0) is 11.2 Å². The Balaban J connectivity index is 1.82. The molecule has 130 valence electrons. The molecule has 0 bridgehead atoms. The first-order valence-corrected chi connectivity index (χ1v) is 8.24. The van der Waals surface area contributed by atoms with Gasteiger partial charge in [0.15, 0.2) is 0 Å². The molecule has 0 amide bonds. The molecule has 1 N–H and O–H groups in total. The van der Waals surface area contributed by atoms with E-state index in [9.17, 15) is 4.79 Å². The molecule has 0 aliphatic rings. The molecule has 25 heavy (non-hydrogen) atoms. The molecular formula is C21H22O4. The highest BCUT2D eigenvalue weighted by Gasteiger charge is 2.06. The predicted octanol–water partition coefficient (Wildman–Crippen LogP) is 3.92. The average molecular weight is 338 g/mol. The van der Waals surface area contributed by atoms with Gasteiger partial charge in [-0.3, -0.25) is 4.79 Å². The maximum atomic E-state index is 10.7. The van der Waals surface area contributed by atoms with E-state index >= 15 is 0 Å². The maximum Gasteiger partial charge on any atom is 0.303 e. The average Bonchev–Trinajstić information content (AvgIpc) is 2.64. The van der Waals surface area contributed by atoms with Gasteiger partial charge in [0, 0.05) is 18.4 Å². The number of carbonyl (C=O) groups is 1. The molecule has 0 spiro atoms. The van der Waals surface area contributed by atoms with Crippen LogP contribution in [-0.4, -0.2) is 24.8 Å². The third-order valence-corrected chi connectivity index (χ3v) is 3.59. The molecule has 0 aliphatic carbocycles. The Morgan fingerprint density at radius 1 is 1.16 bits per heavy atom. The fourth-order valence-corrected chi connectivity index (χ4v) is 2.30. The zero-order valence-corrected chi connectivity index (χ0v) is 14.3. The third-order valence-electron chi connectivity index (χ3n) is 3.59. The number of para-hydroxylation sites is 1. The summed E-state index contributed by atoms with van der Waals surface area (Å²) in [6, 6.07) is 15.3. The molecule has 0 unspecified atom stereocenters. The number of carboxylic acids is 1. The Morgan fingerprint density at radius 3 is 2.68 bits per heavy atom. The second-order valence-corrected chi connectivity index (χ2v) is 5.49. The topological polar surface area (TPSA) is 55.8 Å². The van der Waals surface area contributed by atoms with Crippen molar-refractivity contribution in [1.82, 2.24) is 0 Å². The first kappa shape index (κ1) is 18.4. The van der Waals surface area contributed by atoms with Crippen LogP contribution >= 0.6 is 0 Å². The van der Waals surface area contributed by atoms with Gasteiger partial charge in [-0.05, 0) is 42.7 Å². The molecule has 0 radical (unpaired) electrons. The van der Waals surface area contributed by atoms with Crippen molar-refractivity contribution in [2.24, 2.45) is 0 Å². The second kappa shape index (κ2) is 10.0. The van der Waals surface area contributed by atoms with Crippen LogP contribution in [0.3, 0.4) is 0 Å². The smallest absolute Gasteiger partial charge is 0.303 e. The van der Waals surface area contributed by atoms with Crippen molar-refractivity contribution < 1.29 is 19.4 Å². The highest BCUT2D eigenvalue weighted by molar-refractivity contribution is 5.67. The molecule has 0 heterocycles. The zero-order valence-electron chi connectivity index (χ0n) is 14.3. The minimum absolute atomic E-state index is 0.0861. The van der Waals surface area contributed by atoms with E-state index in [1.54, 1.807) is 7.11 Å². The van der Waals surface area contributed by atoms with Gasteiger partial charge in [0.2, 0.25) is 0 Å². The van der Waals surface area contributed by atoms with Crippen LogP contribution in [0.15, 0.2) is 48.5 Å². The van der Waals surface area contributed by atoms with Crippen molar-refractivity contribution in [3.05, 3.63) is 59.7 Å². The van der Waals surface area contributed by atoms with Crippen molar-refractivity contribution in [3.63, 3.8) is 0 Å². The van der Waals surface area contributed by atoms with Gasteiger partial charge in [-0.1, -0.05) is 36.1 Å². The van der Waals surface area contributed by atoms with Gasteiger partial charge in [0.25, 0.3) is 0 Å². The first-order chi connectivity index (χ1) is 12.2. The zero-order chi connectivity index (χ0) is 17.9. The van der Waals surface area contributed by atoms with Crippen LogP contribution < -0.4 is 9.47 Å². The van der Waals surface area contributed by atoms with Crippen molar-refractivity contribution in [2.75, 3.05) is 13.7 Å². The lowest BCUT2D eigenvalue weighted by Gasteiger charge is -2.07. The van der Waals surface area contributed by atoms with Crippen molar-refractivity contribution in [1.29, 1.82) is 0 Å². The van der Waals surface area contributed by atoms with E-state index in [2.05, 4.69) is 11.8 Å². The minimum atomic E-state index is -0.816. The molecular weight excluding hydrogens is 316 g/mol. The molecule has 0 saturated heterocycles. The van der Waals surface area contributed by atoms with Gasteiger partial charge in [-0.25, -0.2) is 0 Å². The summed E-state index contributed by atoms with van der Waals surface area (Å²) in [6.45, 7) is 0.635. The number of ether oxygens (including phenoxy) is 2. The largest absolute Gasteiger partial charge is 0.496 e. The maximum absolute atomic E-state index is 10.7. The number of benzene rings is 2. The number of rotatable bonds is 8. The monoisotopic (exact) mass is 338 g/mol. The number of unbranched alkanes of at least 4 members (excludes halogenated alkanes) is 1. The predicted molar refractivity (Wildman–Crippen MR) is 97.0 cm³/mol. The lowest BCUT2D eigenvalue weighted by Crippen LogP contribution is -1.99. The molecule has 4 heteroatoms. The third kappa shape index (κ3) is 6.60. The summed E-state index contributed by atoms with van der Waals surface area (Å²) in [6.07, 6.45) is 2.14. The van der Waals surface area contributed by atoms with Gasteiger partial charge in [-0.2, -0.15) is 0 Å². The van der Waals surface area contributed by atoms with Gasteiger partial charge >= 0.3 is 5.97 Å². The number of aryl methyl sites for hydroxylation is 1. The standard InChI is InChI=1S/C21H22O4/c1-24-20-16-17(11-12-18(20)13-14-21(22)23)8-4-3-7-15-25-19-9-5-2-6-10-19/h2,5-6,9-12,16H,3,7,13-15H2,1H3,(H,22,23). The van der Waals surface area contributed by atoms with E-state index in [4.69, 9.17) is 14.6 Å².